The van der Waals surface area contributed by atoms with Crippen molar-refractivity contribution < 1.29 is 49.8 Å². The lowest BCUT2D eigenvalue weighted by Gasteiger charge is -2.61. The quantitative estimate of drug-likeness (QED) is 0.284. The molecule has 4 heterocycles. The van der Waals surface area contributed by atoms with E-state index in [1.54, 1.807) is 18.3 Å². The molecule has 0 bridgehead atoms. The van der Waals surface area contributed by atoms with E-state index in [1.807, 2.05) is 0 Å². The van der Waals surface area contributed by atoms with Gasteiger partial charge >= 0.3 is 12.1 Å². The normalized spacial score (nSPS) is 16.8. The molecule has 0 radical (unpaired) electrons. The molecular formula is C29H24F8N6O3. The summed E-state index contributed by atoms with van der Waals surface area (Å²) in [5, 5.41) is 18.3. The first-order chi connectivity index (χ1) is 21.5. The molecule has 9 nitrogen and oxygen atoms in total. The fourth-order valence-corrected chi connectivity index (χ4v) is 5.47. The van der Waals surface area contributed by atoms with Gasteiger partial charge < -0.3 is 15.3 Å². The molecule has 244 valence electrons. The van der Waals surface area contributed by atoms with Gasteiger partial charge in [-0.1, -0.05) is 6.07 Å². The Morgan fingerprint density at radius 3 is 2.13 bits per heavy atom. The molecule has 2 saturated heterocycles. The number of likely N-dealkylation sites (tertiary alicyclic amines) is 1. The number of hydrogen-bond donors (Lipinski definition) is 2. The van der Waals surface area contributed by atoms with Crippen molar-refractivity contribution in [2.75, 3.05) is 31.1 Å². The molecule has 1 atom stereocenters. The van der Waals surface area contributed by atoms with Crippen molar-refractivity contribution in [2.45, 2.75) is 31.6 Å². The number of benzene rings is 1. The monoisotopic (exact) mass is 656 g/mol. The van der Waals surface area contributed by atoms with E-state index in [1.165, 1.54) is 18.5 Å². The van der Waals surface area contributed by atoms with Crippen LogP contribution in [0.5, 0.6) is 0 Å². The molecule has 2 fully saturated rings. The molecular weight excluding hydrogens is 632 g/mol. The minimum atomic E-state index is -5.08. The molecule has 3 aromatic rings. The summed E-state index contributed by atoms with van der Waals surface area (Å²) in [7, 11) is 0. The van der Waals surface area contributed by atoms with Crippen molar-refractivity contribution in [3.8, 4) is 6.07 Å². The van der Waals surface area contributed by atoms with Crippen molar-refractivity contribution >= 4 is 17.6 Å². The lowest BCUT2D eigenvalue weighted by molar-refractivity contribution is -0.192. The molecule has 2 aliphatic heterocycles. The Morgan fingerprint density at radius 1 is 1.04 bits per heavy atom. The van der Waals surface area contributed by atoms with Gasteiger partial charge in [0, 0.05) is 57.5 Å². The number of carbonyl (C=O) groups is 2. The van der Waals surface area contributed by atoms with Gasteiger partial charge in [-0.25, -0.2) is 26.7 Å². The molecule has 46 heavy (non-hydrogen) atoms. The SMILES string of the molecule is CC(=O)N[C@](c1cc(F)c(F)c(F)c1)(c1ccc(CN2CC3(C2)CN(c2cncc(C#N)c2)C3)cn1)C(F)F.O=C(O)C(F)(F)F. The van der Waals surface area contributed by atoms with Crippen molar-refractivity contribution in [2.24, 2.45) is 5.41 Å². The molecule has 1 spiro atoms. The molecule has 2 N–H and O–H groups in total. The number of nitrogens with zero attached hydrogens (tertiary/aromatic N) is 5. The van der Waals surface area contributed by atoms with Gasteiger partial charge in [-0.05, 0) is 35.4 Å². The number of carboxylic acid groups (broad SMARTS) is 1. The van der Waals surface area contributed by atoms with Crippen LogP contribution < -0.4 is 10.2 Å². The molecule has 1 aromatic carbocycles. The fourth-order valence-electron chi connectivity index (χ4n) is 5.47. The molecule has 0 aliphatic carbocycles. The van der Waals surface area contributed by atoms with E-state index in [9.17, 15) is 39.9 Å². The molecule has 0 saturated carbocycles. The van der Waals surface area contributed by atoms with Gasteiger partial charge in [0.1, 0.15) is 6.07 Å². The highest BCUT2D eigenvalue weighted by molar-refractivity contribution is 5.75. The molecule has 1 amide bonds. The second-order valence-corrected chi connectivity index (χ2v) is 10.9. The highest BCUT2D eigenvalue weighted by atomic mass is 19.4. The Morgan fingerprint density at radius 2 is 1.65 bits per heavy atom. The van der Waals surface area contributed by atoms with Crippen LogP contribution in [-0.2, 0) is 21.7 Å². The first kappa shape index (κ1) is 34.0. The summed E-state index contributed by atoms with van der Waals surface area (Å²) in [5.74, 6) is -8.77. The highest BCUT2D eigenvalue weighted by Crippen LogP contribution is 2.42. The van der Waals surface area contributed by atoms with E-state index in [-0.39, 0.29) is 11.1 Å². The average molecular weight is 657 g/mol. The maximum atomic E-state index is 14.5. The maximum Gasteiger partial charge on any atom is 0.490 e. The number of aromatic nitrogens is 2. The Labute approximate surface area is 256 Å². The summed E-state index contributed by atoms with van der Waals surface area (Å²) >= 11 is 0. The number of hydrogen-bond acceptors (Lipinski definition) is 7. The van der Waals surface area contributed by atoms with Gasteiger partial charge in [0.2, 0.25) is 5.91 Å². The summed E-state index contributed by atoms with van der Waals surface area (Å²) in [6, 6.07) is 7.59. The zero-order valence-electron chi connectivity index (χ0n) is 23.8. The summed E-state index contributed by atoms with van der Waals surface area (Å²) in [5.41, 5.74) is -1.44. The van der Waals surface area contributed by atoms with Crippen LogP contribution in [0.2, 0.25) is 0 Å². The first-order valence-electron chi connectivity index (χ1n) is 13.3. The third kappa shape index (κ3) is 7.01. The lowest BCUT2D eigenvalue weighted by atomic mass is 9.72. The Kier molecular flexibility index (Phi) is 9.52. The molecule has 2 aliphatic rings. The number of rotatable bonds is 7. The van der Waals surface area contributed by atoms with E-state index >= 15 is 0 Å². The van der Waals surface area contributed by atoms with Gasteiger partial charge in [-0.2, -0.15) is 18.4 Å². The third-order valence-corrected chi connectivity index (χ3v) is 7.41. The Bertz CT molecular complexity index is 1630. The summed E-state index contributed by atoms with van der Waals surface area (Å²) in [4.78, 5) is 33.3. The van der Waals surface area contributed by atoms with Crippen molar-refractivity contribution in [3.63, 3.8) is 0 Å². The van der Waals surface area contributed by atoms with Gasteiger partial charge in [0.05, 0.1) is 23.1 Å². The largest absolute Gasteiger partial charge is 0.490 e. The Hall–Kier alpha value is -4.85. The van der Waals surface area contributed by atoms with E-state index in [0.717, 1.165) is 44.4 Å². The minimum Gasteiger partial charge on any atom is -0.475 e. The zero-order chi connectivity index (χ0) is 34.0. The van der Waals surface area contributed by atoms with E-state index in [4.69, 9.17) is 15.2 Å². The minimum absolute atomic E-state index is 0.128. The van der Waals surface area contributed by atoms with Crippen molar-refractivity contribution in [1.29, 1.82) is 5.26 Å². The predicted octanol–water partition coefficient (Wildman–Crippen LogP) is 4.37. The fraction of sp³-hybridized carbons (Fsp3) is 0.345. The van der Waals surface area contributed by atoms with Crippen LogP contribution in [0.1, 0.15) is 29.3 Å². The number of aliphatic carboxylic acids is 1. The van der Waals surface area contributed by atoms with Gasteiger partial charge in [0.15, 0.2) is 23.0 Å². The first-order valence-corrected chi connectivity index (χ1v) is 13.3. The van der Waals surface area contributed by atoms with Crippen LogP contribution in [-0.4, -0.2) is 70.6 Å². The number of carbonyl (C=O) groups excluding carboxylic acids is 1. The van der Waals surface area contributed by atoms with Crippen LogP contribution in [0.25, 0.3) is 0 Å². The van der Waals surface area contributed by atoms with Gasteiger partial charge in [-0.15, -0.1) is 0 Å². The van der Waals surface area contributed by atoms with Crippen LogP contribution in [0.3, 0.4) is 0 Å². The smallest absolute Gasteiger partial charge is 0.475 e. The maximum absolute atomic E-state index is 14.5. The van der Waals surface area contributed by atoms with Gasteiger partial charge in [-0.3, -0.25) is 19.7 Å². The third-order valence-electron chi connectivity index (χ3n) is 7.41. The number of carboxylic acids is 1. The summed E-state index contributed by atoms with van der Waals surface area (Å²) in [6.07, 6.45) is -3.82. The van der Waals surface area contributed by atoms with Crippen molar-refractivity contribution in [1.82, 2.24) is 20.2 Å². The number of amides is 1. The molecule has 17 heteroatoms. The number of alkyl halides is 5. The van der Waals surface area contributed by atoms with Crippen LogP contribution >= 0.6 is 0 Å². The summed E-state index contributed by atoms with van der Waals surface area (Å²) in [6.45, 7) is 4.78. The van der Waals surface area contributed by atoms with Crippen LogP contribution in [0, 0.1) is 34.2 Å². The average Bonchev–Trinajstić information content (AvgIpc) is 2.94. The predicted molar refractivity (Wildman–Crippen MR) is 144 cm³/mol. The molecule has 0 unspecified atom stereocenters. The Balaban J connectivity index is 0.000000617. The van der Waals surface area contributed by atoms with Crippen LogP contribution in [0.4, 0.5) is 40.8 Å². The van der Waals surface area contributed by atoms with E-state index in [2.05, 4.69) is 31.2 Å². The number of halogens is 8. The van der Waals surface area contributed by atoms with Crippen molar-refractivity contribution in [3.05, 3.63) is 88.8 Å². The molecule has 5 rings (SSSR count). The topological polar surface area (TPSA) is 122 Å². The van der Waals surface area contributed by atoms with Gasteiger partial charge in [0.25, 0.3) is 6.43 Å². The lowest BCUT2D eigenvalue weighted by Crippen LogP contribution is -2.72. The number of nitrogens with one attached hydrogen (secondary N) is 1. The van der Waals surface area contributed by atoms with E-state index < -0.39 is 53.0 Å². The second kappa shape index (κ2) is 12.9. The number of anilines is 1. The highest BCUT2D eigenvalue weighted by Gasteiger charge is 2.52. The zero-order valence-corrected chi connectivity index (χ0v) is 23.8. The second-order valence-electron chi connectivity index (χ2n) is 10.9. The van der Waals surface area contributed by atoms with Crippen LogP contribution in [0.15, 0.2) is 48.9 Å². The van der Waals surface area contributed by atoms with E-state index in [0.29, 0.717) is 24.2 Å². The number of pyridine rings is 2. The number of nitriles is 1. The summed E-state index contributed by atoms with van der Waals surface area (Å²) < 4.78 is 102. The molecule has 2 aromatic heterocycles. The standard InChI is InChI=1S/C27H23F5N6O.C2HF3O2/c1-16(39)36-27(25(31)32,19-5-21(28)24(30)22(29)6-19)23-3-2-17(9-35-23)11-37-12-26(13-37)14-38(15-26)20-4-18(7-33)8-34-10-20;3-2(4,5)1(6)7/h2-6,8-10,25H,11-15H2,1H3,(H,36,39);(H,6,7)/t27-;/m1./s1.